The fourth-order valence-electron chi connectivity index (χ4n) is 0.516. The van der Waals surface area contributed by atoms with Crippen molar-refractivity contribution in [2.24, 2.45) is 0 Å². The topological polar surface area (TPSA) is 241 Å². The average molecular weight is 376 g/mol. The zero-order valence-corrected chi connectivity index (χ0v) is 12.9. The molecule has 0 fully saturated rings. The van der Waals surface area contributed by atoms with E-state index in [4.69, 9.17) is 20.4 Å². The van der Waals surface area contributed by atoms with Crippen LogP contribution in [0, 0.1) is 0 Å². The minimum Gasteiger partial charge on any atom is -0.547 e. The van der Waals surface area contributed by atoms with Gasteiger partial charge < -0.3 is 60.0 Å². The van der Waals surface area contributed by atoms with Gasteiger partial charge in [0, 0.05) is 0 Å². The fourth-order valence-corrected chi connectivity index (χ4v) is 0.516. The van der Waals surface area contributed by atoms with Crippen LogP contribution in [0.3, 0.4) is 0 Å². The Balaban J connectivity index is -0.000000135. The molecule has 0 aromatic carbocycles. The van der Waals surface area contributed by atoms with Crippen LogP contribution in [-0.2, 0) is 36.2 Å². The number of hydrogen-bond donors (Lipinski definition) is 4. The first kappa shape index (κ1) is 29.1. The van der Waals surface area contributed by atoms with Crippen LogP contribution in [0.2, 0.25) is 0 Å². The molecule has 0 rings (SSSR count). The van der Waals surface area contributed by atoms with Crippen molar-refractivity contribution in [3.05, 3.63) is 0 Å². The van der Waals surface area contributed by atoms with Gasteiger partial charge in [-0.15, -0.1) is 0 Å². The van der Waals surface area contributed by atoms with Crippen molar-refractivity contribution in [1.82, 2.24) is 0 Å². The van der Waals surface area contributed by atoms with Gasteiger partial charge in [0.05, 0.1) is 23.9 Å². The number of carboxylic acid groups (broad SMARTS) is 4. The number of carbonyl (C=O) groups excluding carboxylic acids is 4. The molecule has 12 nitrogen and oxygen atoms in total. The summed E-state index contributed by atoms with van der Waals surface area (Å²) in [6, 6.07) is 0. The molecular weight excluding hydrogens is 368 g/mol. The Morgan fingerprint density at radius 2 is 0.636 bits per heavy atom. The van der Waals surface area contributed by atoms with Crippen molar-refractivity contribution in [1.29, 1.82) is 0 Å². The molecule has 122 valence electrons. The van der Waals surface area contributed by atoms with Crippen LogP contribution in [0.25, 0.3) is 0 Å². The predicted molar refractivity (Wildman–Crippen MR) is 49.8 cm³/mol. The Labute approximate surface area is 148 Å². The minimum atomic E-state index is -2.44. The molecule has 0 saturated carbocycles. The van der Waals surface area contributed by atoms with Crippen molar-refractivity contribution in [3.63, 3.8) is 0 Å². The van der Waals surface area contributed by atoms with Crippen molar-refractivity contribution in [2.75, 3.05) is 0 Å². The summed E-state index contributed by atoms with van der Waals surface area (Å²) in [5.41, 5.74) is 0. The van der Waals surface area contributed by atoms with Crippen molar-refractivity contribution < 1.29 is 77.1 Å². The Morgan fingerprint density at radius 1 is 0.545 bits per heavy atom. The van der Waals surface area contributed by atoms with Gasteiger partial charge in [-0.2, -0.15) is 0 Å². The standard InChI is InChI=1S/2C4H6O6.Fe.Mg/c2*5-1(3(7)8)2(6)4(9)10;;/h2*1-2,5-6H,(H,7,8)(H,9,10);;/q;;2*+2/p-4. The van der Waals surface area contributed by atoms with Crippen LogP contribution in [0.4, 0.5) is 0 Å². The van der Waals surface area contributed by atoms with Gasteiger partial charge in [0.2, 0.25) is 0 Å². The molecule has 22 heavy (non-hydrogen) atoms. The zero-order chi connectivity index (χ0) is 16.6. The molecule has 0 aliphatic heterocycles. The quantitative estimate of drug-likeness (QED) is 0.316. The van der Waals surface area contributed by atoms with E-state index >= 15 is 0 Å². The van der Waals surface area contributed by atoms with Gasteiger partial charge in [-0.05, 0) is 0 Å². The Bertz CT molecular complexity index is 315. The van der Waals surface area contributed by atoms with Gasteiger partial charge >= 0.3 is 40.1 Å². The van der Waals surface area contributed by atoms with Crippen molar-refractivity contribution >= 4 is 46.9 Å². The normalized spacial score (nSPS) is 14.4. The number of aliphatic carboxylic acids is 4. The number of hydrogen-bond acceptors (Lipinski definition) is 12. The summed E-state index contributed by atoms with van der Waals surface area (Å²) in [4.78, 5) is 38.5. The summed E-state index contributed by atoms with van der Waals surface area (Å²) in [6.45, 7) is 0. The van der Waals surface area contributed by atoms with Crippen molar-refractivity contribution in [2.45, 2.75) is 24.4 Å². The molecule has 4 atom stereocenters. The van der Waals surface area contributed by atoms with Crippen LogP contribution >= 0.6 is 0 Å². The van der Waals surface area contributed by atoms with Gasteiger partial charge in [-0.3, -0.25) is 0 Å². The second kappa shape index (κ2) is 13.7. The number of carboxylic acids is 4. The van der Waals surface area contributed by atoms with E-state index in [0.29, 0.717) is 0 Å². The molecular formula is C8H8FeMgO12. The van der Waals surface area contributed by atoms with Gasteiger partial charge in [-0.1, -0.05) is 0 Å². The van der Waals surface area contributed by atoms with E-state index in [9.17, 15) is 39.6 Å². The predicted octanol–water partition coefficient (Wildman–Crippen LogP) is -9.97. The van der Waals surface area contributed by atoms with Gasteiger partial charge in [-0.25, -0.2) is 0 Å². The molecule has 0 amide bonds. The van der Waals surface area contributed by atoms with E-state index in [-0.39, 0.29) is 40.1 Å². The van der Waals surface area contributed by atoms with Gasteiger partial charge in [0.1, 0.15) is 24.4 Å². The third-order valence-corrected chi connectivity index (χ3v) is 1.56. The molecule has 0 aromatic heterocycles. The molecule has 0 aliphatic carbocycles. The van der Waals surface area contributed by atoms with E-state index in [1.165, 1.54) is 0 Å². The maximum Gasteiger partial charge on any atom is 2.00 e. The van der Waals surface area contributed by atoms with Crippen molar-refractivity contribution in [3.8, 4) is 0 Å². The Hall–Kier alpha value is -0.994. The third kappa shape index (κ3) is 11.6. The van der Waals surface area contributed by atoms with Crippen LogP contribution in [0.5, 0.6) is 0 Å². The molecule has 0 bridgehead atoms. The third-order valence-electron chi connectivity index (χ3n) is 1.56. The van der Waals surface area contributed by atoms with Gasteiger partial charge in [0.15, 0.2) is 0 Å². The van der Waals surface area contributed by atoms with E-state index < -0.39 is 48.3 Å². The number of rotatable bonds is 6. The summed E-state index contributed by atoms with van der Waals surface area (Å²) in [7, 11) is 0. The molecule has 0 aliphatic rings. The number of carbonyl (C=O) groups is 4. The number of aliphatic hydroxyl groups excluding tert-OH is 4. The summed E-state index contributed by atoms with van der Waals surface area (Å²) in [6.07, 6.45) is -9.76. The summed E-state index contributed by atoms with van der Waals surface area (Å²) in [5, 5.41) is 71.5. The maximum atomic E-state index is 9.63. The molecule has 0 heterocycles. The van der Waals surface area contributed by atoms with E-state index in [1.807, 2.05) is 0 Å². The second-order valence-corrected chi connectivity index (χ2v) is 3.06. The Morgan fingerprint density at radius 3 is 0.682 bits per heavy atom. The summed E-state index contributed by atoms with van der Waals surface area (Å²) in [5.74, 6) is -8.23. The molecule has 0 radical (unpaired) electrons. The molecule has 14 heteroatoms. The molecule has 0 saturated heterocycles. The number of aliphatic hydroxyl groups is 4. The first-order valence-electron chi connectivity index (χ1n) is 4.49. The van der Waals surface area contributed by atoms with Gasteiger partial charge in [0.25, 0.3) is 0 Å². The maximum absolute atomic E-state index is 9.63. The monoisotopic (exact) mass is 376 g/mol. The largest absolute Gasteiger partial charge is 2.00 e. The SMILES string of the molecule is O=C([O-])C(O)C(O)C(=O)[O-].O=C([O-])C(O)C(O)C(=O)[O-].[Fe+2].[Mg+2]. The van der Waals surface area contributed by atoms with Crippen LogP contribution in [-0.4, -0.2) is 91.8 Å². The first-order chi connectivity index (χ1) is 8.93. The van der Waals surface area contributed by atoms with E-state index in [0.717, 1.165) is 0 Å². The molecule has 0 spiro atoms. The zero-order valence-electron chi connectivity index (χ0n) is 10.4. The summed E-state index contributed by atoms with van der Waals surface area (Å²) >= 11 is 0. The average Bonchev–Trinajstić information content (AvgIpc) is 2.35. The van der Waals surface area contributed by atoms with E-state index in [1.54, 1.807) is 0 Å². The molecule has 4 N–H and O–H groups in total. The van der Waals surface area contributed by atoms with E-state index in [2.05, 4.69) is 0 Å². The molecule has 0 aromatic rings. The van der Waals surface area contributed by atoms with Crippen LogP contribution in [0.15, 0.2) is 0 Å². The molecule has 4 unspecified atom stereocenters. The Kier molecular flexibility index (Phi) is 18.0. The fraction of sp³-hybridized carbons (Fsp3) is 0.500. The first-order valence-corrected chi connectivity index (χ1v) is 4.49. The van der Waals surface area contributed by atoms with Crippen LogP contribution < -0.4 is 20.4 Å². The summed E-state index contributed by atoms with van der Waals surface area (Å²) < 4.78 is 0. The van der Waals surface area contributed by atoms with Crippen LogP contribution in [0.1, 0.15) is 0 Å². The smallest absolute Gasteiger partial charge is 0.547 e. The minimum absolute atomic E-state index is 0. The second-order valence-electron chi connectivity index (χ2n) is 3.06.